The molecule has 0 atom stereocenters. The molecule has 0 aliphatic heterocycles. The van der Waals surface area contributed by atoms with Crippen LogP contribution in [0.1, 0.15) is 23.7 Å². The maximum Gasteiger partial charge on any atom is 0.277 e. The molecule has 0 fully saturated rings. The van der Waals surface area contributed by atoms with Crippen LogP contribution in [0, 0.1) is 13.8 Å². The van der Waals surface area contributed by atoms with Crippen LogP contribution in [0.5, 0.6) is 5.75 Å². The zero-order valence-electron chi connectivity index (χ0n) is 13.0. The average molecular weight is 354 g/mol. The molecule has 0 unspecified atom stereocenters. The number of halogens is 2. The highest BCUT2D eigenvalue weighted by atomic mass is 35.5. The number of hydrazone groups is 1. The highest BCUT2D eigenvalue weighted by molar-refractivity contribution is 6.35. The van der Waals surface area contributed by atoms with Crippen molar-refractivity contribution in [1.29, 1.82) is 0 Å². The quantitative estimate of drug-likeness (QED) is 0.633. The lowest BCUT2D eigenvalue weighted by Gasteiger charge is -2.08. The number of hydrogen-bond acceptors (Lipinski definition) is 3. The van der Waals surface area contributed by atoms with Crippen molar-refractivity contribution in [2.24, 2.45) is 5.10 Å². The maximum absolute atomic E-state index is 11.8. The van der Waals surface area contributed by atoms with Gasteiger partial charge in [0.2, 0.25) is 0 Å². The molecule has 1 heterocycles. The number of aromatic nitrogens is 1. The van der Waals surface area contributed by atoms with Gasteiger partial charge in [0.15, 0.2) is 6.61 Å². The number of H-pyrrole nitrogens is 1. The van der Waals surface area contributed by atoms with E-state index in [1.165, 1.54) is 0 Å². The van der Waals surface area contributed by atoms with Gasteiger partial charge in [-0.2, -0.15) is 5.10 Å². The lowest BCUT2D eigenvalue weighted by atomic mass is 10.1. The van der Waals surface area contributed by atoms with Crippen molar-refractivity contribution in [2.75, 3.05) is 6.61 Å². The number of nitrogens with one attached hydrogen (secondary N) is 2. The number of carbonyl (C=O) groups is 1. The third kappa shape index (κ3) is 4.50. The van der Waals surface area contributed by atoms with Crippen molar-refractivity contribution in [3.05, 3.63) is 51.3 Å². The Morgan fingerprint density at radius 3 is 2.70 bits per heavy atom. The van der Waals surface area contributed by atoms with Crippen LogP contribution >= 0.6 is 23.2 Å². The van der Waals surface area contributed by atoms with Crippen molar-refractivity contribution >= 4 is 34.8 Å². The Bertz CT molecular complexity index is 734. The Morgan fingerprint density at radius 1 is 1.35 bits per heavy atom. The van der Waals surface area contributed by atoms with E-state index < -0.39 is 0 Å². The second-order valence-electron chi connectivity index (χ2n) is 5.07. The van der Waals surface area contributed by atoms with E-state index in [1.54, 1.807) is 18.2 Å². The molecule has 5 nitrogen and oxygen atoms in total. The van der Waals surface area contributed by atoms with Gasteiger partial charge in [0, 0.05) is 22.5 Å². The summed E-state index contributed by atoms with van der Waals surface area (Å²) in [5, 5.41) is 4.95. The van der Waals surface area contributed by atoms with Crippen LogP contribution in [0.15, 0.2) is 29.5 Å². The molecule has 1 amide bonds. The minimum absolute atomic E-state index is 0.191. The molecule has 0 spiro atoms. The van der Waals surface area contributed by atoms with E-state index >= 15 is 0 Å². The van der Waals surface area contributed by atoms with E-state index in [1.807, 2.05) is 27.0 Å². The van der Waals surface area contributed by atoms with Crippen LogP contribution in [0.2, 0.25) is 10.0 Å². The van der Waals surface area contributed by atoms with E-state index in [4.69, 9.17) is 27.9 Å². The molecular formula is C16H17Cl2N3O2. The first-order valence-electron chi connectivity index (χ1n) is 6.94. The van der Waals surface area contributed by atoms with Gasteiger partial charge in [-0.1, -0.05) is 23.2 Å². The predicted octanol–water partition coefficient (Wildman–Crippen LogP) is 3.86. The minimum atomic E-state index is -0.374. The van der Waals surface area contributed by atoms with E-state index in [-0.39, 0.29) is 12.5 Å². The van der Waals surface area contributed by atoms with E-state index in [9.17, 15) is 4.79 Å². The molecule has 0 bridgehead atoms. The van der Waals surface area contributed by atoms with Crippen molar-refractivity contribution < 1.29 is 9.53 Å². The van der Waals surface area contributed by atoms with Crippen LogP contribution in [-0.4, -0.2) is 23.2 Å². The van der Waals surface area contributed by atoms with Crippen LogP contribution in [-0.2, 0) is 4.79 Å². The molecule has 23 heavy (non-hydrogen) atoms. The summed E-state index contributed by atoms with van der Waals surface area (Å²) >= 11 is 11.8. The van der Waals surface area contributed by atoms with Gasteiger partial charge in [0.05, 0.1) is 10.7 Å². The number of amides is 1. The topological polar surface area (TPSA) is 66.5 Å². The summed E-state index contributed by atoms with van der Waals surface area (Å²) in [7, 11) is 0. The SMILES string of the molecule is C/C(=N\NC(=O)COc1ccc(Cl)cc1Cl)c1c(C)c[nH]c1C. The summed E-state index contributed by atoms with van der Waals surface area (Å²) in [5.41, 5.74) is 6.25. The second kappa shape index (κ2) is 7.53. The standard InChI is InChI=1S/C16H17Cl2N3O2/c1-9-7-19-10(2)16(9)11(3)20-21-15(22)8-23-14-5-4-12(17)6-13(14)18/h4-7,19H,8H2,1-3H3,(H,21,22)/b20-11+. The predicted molar refractivity (Wildman–Crippen MR) is 92.6 cm³/mol. The van der Waals surface area contributed by atoms with Crippen LogP contribution in [0.3, 0.4) is 0 Å². The third-order valence-corrected chi connectivity index (χ3v) is 3.77. The zero-order valence-corrected chi connectivity index (χ0v) is 14.5. The van der Waals surface area contributed by atoms with E-state index in [0.29, 0.717) is 15.8 Å². The first kappa shape index (κ1) is 17.4. The number of ether oxygens (including phenoxy) is 1. The van der Waals surface area contributed by atoms with Gasteiger partial charge in [-0.3, -0.25) is 4.79 Å². The Balaban J connectivity index is 1.93. The molecule has 2 N–H and O–H groups in total. The molecule has 0 radical (unpaired) electrons. The zero-order chi connectivity index (χ0) is 17.0. The van der Waals surface area contributed by atoms with Crippen molar-refractivity contribution in [1.82, 2.24) is 10.4 Å². The Hall–Kier alpha value is -1.98. The highest BCUT2D eigenvalue weighted by Crippen LogP contribution is 2.27. The van der Waals surface area contributed by atoms with E-state index in [0.717, 1.165) is 22.5 Å². The summed E-state index contributed by atoms with van der Waals surface area (Å²) in [4.78, 5) is 14.9. The highest BCUT2D eigenvalue weighted by Gasteiger charge is 2.09. The minimum Gasteiger partial charge on any atom is -0.482 e. The van der Waals surface area contributed by atoms with Crippen molar-refractivity contribution in [3.8, 4) is 5.75 Å². The third-order valence-electron chi connectivity index (χ3n) is 3.24. The first-order valence-corrected chi connectivity index (χ1v) is 7.70. The molecule has 0 aliphatic carbocycles. The summed E-state index contributed by atoms with van der Waals surface area (Å²) < 4.78 is 5.35. The number of aromatic amines is 1. The molecule has 0 saturated heterocycles. The Kier molecular flexibility index (Phi) is 5.69. The largest absolute Gasteiger partial charge is 0.482 e. The number of carbonyl (C=O) groups excluding carboxylic acids is 1. The van der Waals surface area contributed by atoms with Gasteiger partial charge < -0.3 is 9.72 Å². The number of rotatable bonds is 5. The van der Waals surface area contributed by atoms with Gasteiger partial charge in [-0.05, 0) is 44.5 Å². The lowest BCUT2D eigenvalue weighted by molar-refractivity contribution is -0.123. The fourth-order valence-electron chi connectivity index (χ4n) is 2.18. The van der Waals surface area contributed by atoms with Crippen LogP contribution in [0.4, 0.5) is 0 Å². The van der Waals surface area contributed by atoms with Gasteiger partial charge >= 0.3 is 0 Å². The number of benzene rings is 1. The number of aryl methyl sites for hydroxylation is 2. The van der Waals surface area contributed by atoms with Gasteiger partial charge in [-0.25, -0.2) is 5.43 Å². The smallest absolute Gasteiger partial charge is 0.277 e. The van der Waals surface area contributed by atoms with Crippen LogP contribution in [0.25, 0.3) is 0 Å². The number of nitrogens with zero attached hydrogens (tertiary/aromatic N) is 1. The number of hydrogen-bond donors (Lipinski definition) is 2. The lowest BCUT2D eigenvalue weighted by Crippen LogP contribution is -2.25. The van der Waals surface area contributed by atoms with Crippen molar-refractivity contribution in [3.63, 3.8) is 0 Å². The maximum atomic E-state index is 11.8. The van der Waals surface area contributed by atoms with Gasteiger partial charge in [0.1, 0.15) is 5.75 Å². The van der Waals surface area contributed by atoms with Gasteiger partial charge in [-0.15, -0.1) is 0 Å². The average Bonchev–Trinajstić information content (AvgIpc) is 2.83. The fraction of sp³-hybridized carbons (Fsp3) is 0.250. The van der Waals surface area contributed by atoms with E-state index in [2.05, 4.69) is 15.5 Å². The molecule has 0 saturated carbocycles. The molecule has 0 aliphatic rings. The normalized spacial score (nSPS) is 11.4. The summed E-state index contributed by atoms with van der Waals surface area (Å²) in [6, 6.07) is 4.80. The molecule has 2 rings (SSSR count). The summed E-state index contributed by atoms with van der Waals surface area (Å²) in [6.45, 7) is 5.57. The Labute approximate surface area is 144 Å². The summed E-state index contributed by atoms with van der Waals surface area (Å²) in [5.74, 6) is 0.0189. The molecule has 122 valence electrons. The Morgan fingerprint density at radius 2 is 2.09 bits per heavy atom. The summed E-state index contributed by atoms with van der Waals surface area (Å²) in [6.07, 6.45) is 1.90. The fourth-order valence-corrected chi connectivity index (χ4v) is 2.65. The monoisotopic (exact) mass is 353 g/mol. The molecule has 1 aromatic carbocycles. The van der Waals surface area contributed by atoms with Gasteiger partial charge in [0.25, 0.3) is 5.91 Å². The molecule has 7 heteroatoms. The molecule has 1 aromatic heterocycles. The van der Waals surface area contributed by atoms with Crippen LogP contribution < -0.4 is 10.2 Å². The molecule has 2 aromatic rings. The first-order chi connectivity index (χ1) is 10.9. The molecular weight excluding hydrogens is 337 g/mol. The van der Waals surface area contributed by atoms with Crippen molar-refractivity contribution in [2.45, 2.75) is 20.8 Å². The second-order valence-corrected chi connectivity index (χ2v) is 5.91.